The van der Waals surface area contributed by atoms with Gasteiger partial charge in [0.25, 0.3) is 0 Å². The van der Waals surface area contributed by atoms with Crippen LogP contribution in [0.4, 0.5) is 0 Å². The Balaban J connectivity index is 2.72. The molecule has 0 aliphatic rings. The van der Waals surface area contributed by atoms with Crippen LogP contribution in [-0.4, -0.2) is 10.6 Å². The number of halogens is 3. The average Bonchev–Trinajstić information content (AvgIpc) is 2.23. The summed E-state index contributed by atoms with van der Waals surface area (Å²) in [5.74, 6) is 0.245. The molecule has 0 radical (unpaired) electrons. The number of carbonyl (C=O) groups is 1. The lowest BCUT2D eigenvalue weighted by molar-refractivity contribution is -0.118. The van der Waals surface area contributed by atoms with Crippen molar-refractivity contribution in [3.8, 4) is 0 Å². The lowest BCUT2D eigenvalue weighted by Crippen LogP contribution is -2.16. The molecule has 1 atom stereocenters. The number of ketones is 1. The van der Waals surface area contributed by atoms with E-state index < -0.39 is 0 Å². The molecule has 1 unspecified atom stereocenters. The first-order valence-electron chi connectivity index (χ1n) is 5.15. The fourth-order valence-corrected chi connectivity index (χ4v) is 2.59. The van der Waals surface area contributed by atoms with Crippen LogP contribution in [0.15, 0.2) is 22.7 Å². The van der Waals surface area contributed by atoms with E-state index in [0.717, 1.165) is 16.5 Å². The quantitative estimate of drug-likeness (QED) is 0.684. The highest BCUT2D eigenvalue weighted by Gasteiger charge is 2.15. The summed E-state index contributed by atoms with van der Waals surface area (Å²) < 4.78 is 0.991. The maximum Gasteiger partial charge on any atom is 0.146 e. The smallest absolute Gasteiger partial charge is 0.146 e. The molecule has 0 aromatic heterocycles. The normalized spacial score (nSPS) is 12.5. The molecular weight excluding hydrogens is 355 g/mol. The van der Waals surface area contributed by atoms with Gasteiger partial charge in [-0.2, -0.15) is 0 Å². The van der Waals surface area contributed by atoms with Crippen molar-refractivity contribution in [2.24, 2.45) is 0 Å². The maximum atomic E-state index is 11.6. The number of rotatable bonds is 5. The molecule has 0 fully saturated rings. The Morgan fingerprint density at radius 2 is 2.19 bits per heavy atom. The van der Waals surface area contributed by atoms with Crippen molar-refractivity contribution >= 4 is 49.2 Å². The molecule has 0 saturated carbocycles. The molecular formula is C12H13Br2ClO. The minimum absolute atomic E-state index is 0.123. The van der Waals surface area contributed by atoms with Gasteiger partial charge < -0.3 is 0 Å². The van der Waals surface area contributed by atoms with Gasteiger partial charge in [0.1, 0.15) is 5.78 Å². The number of carbonyl (C=O) groups excluding carboxylic acids is 1. The molecule has 0 aliphatic carbocycles. The molecule has 0 aliphatic heterocycles. The minimum Gasteiger partial charge on any atom is -0.298 e. The molecule has 4 heteroatoms. The molecule has 16 heavy (non-hydrogen) atoms. The summed E-state index contributed by atoms with van der Waals surface area (Å²) in [6, 6.07) is 5.62. The highest BCUT2D eigenvalue weighted by atomic mass is 79.9. The van der Waals surface area contributed by atoms with Gasteiger partial charge in [0.05, 0.1) is 4.83 Å². The molecule has 0 N–H and O–H groups in total. The van der Waals surface area contributed by atoms with Gasteiger partial charge in [-0.15, -0.1) is 0 Å². The number of hydrogen-bond acceptors (Lipinski definition) is 1. The van der Waals surface area contributed by atoms with Crippen LogP contribution in [-0.2, 0) is 11.2 Å². The molecule has 0 bridgehead atoms. The summed E-state index contributed by atoms with van der Waals surface area (Å²) in [5.41, 5.74) is 1.05. The van der Waals surface area contributed by atoms with Gasteiger partial charge >= 0.3 is 0 Å². The van der Waals surface area contributed by atoms with E-state index in [0.29, 0.717) is 17.9 Å². The Labute approximate surface area is 118 Å². The fourth-order valence-electron chi connectivity index (χ4n) is 1.41. The Hall–Kier alpha value is 0.140. The van der Waals surface area contributed by atoms with Crippen LogP contribution in [0.5, 0.6) is 0 Å². The van der Waals surface area contributed by atoms with Crippen molar-refractivity contribution in [3.63, 3.8) is 0 Å². The van der Waals surface area contributed by atoms with E-state index in [4.69, 9.17) is 11.6 Å². The van der Waals surface area contributed by atoms with E-state index in [1.807, 2.05) is 25.1 Å². The highest BCUT2D eigenvalue weighted by molar-refractivity contribution is 9.10. The Morgan fingerprint density at radius 1 is 1.50 bits per heavy atom. The van der Waals surface area contributed by atoms with Gasteiger partial charge in [0.2, 0.25) is 0 Å². The number of hydrogen-bond donors (Lipinski definition) is 0. The summed E-state index contributed by atoms with van der Waals surface area (Å²) in [5, 5.41) is 0.695. The van der Waals surface area contributed by atoms with E-state index >= 15 is 0 Å². The Morgan fingerprint density at radius 3 is 2.81 bits per heavy atom. The van der Waals surface area contributed by atoms with Crippen LogP contribution in [0, 0.1) is 0 Å². The monoisotopic (exact) mass is 366 g/mol. The topological polar surface area (TPSA) is 17.1 Å². The molecule has 1 aromatic rings. The minimum atomic E-state index is -0.123. The highest BCUT2D eigenvalue weighted by Crippen LogP contribution is 2.24. The lowest BCUT2D eigenvalue weighted by Gasteiger charge is -2.10. The third kappa shape index (κ3) is 4.19. The Kier molecular flexibility index (Phi) is 6.01. The van der Waals surface area contributed by atoms with Crippen LogP contribution in [0.2, 0.25) is 5.02 Å². The second-order valence-electron chi connectivity index (χ2n) is 3.62. The molecule has 0 amide bonds. The van der Waals surface area contributed by atoms with Gasteiger partial charge in [-0.3, -0.25) is 4.79 Å². The molecule has 0 heterocycles. The number of Topliss-reactive ketones (excluding diaryl/α,β-unsaturated/α-hetero) is 1. The largest absolute Gasteiger partial charge is 0.298 e. The van der Waals surface area contributed by atoms with Crippen LogP contribution < -0.4 is 0 Å². The SMILES string of the molecule is CCCC(=O)C(Br)Cc1cc(Cl)ccc1Br. The van der Waals surface area contributed by atoms with Crippen molar-refractivity contribution in [1.29, 1.82) is 0 Å². The van der Waals surface area contributed by atoms with Gasteiger partial charge in [0, 0.05) is 15.9 Å². The van der Waals surface area contributed by atoms with Gasteiger partial charge in [-0.1, -0.05) is 50.4 Å². The second kappa shape index (κ2) is 6.77. The van der Waals surface area contributed by atoms with E-state index in [1.165, 1.54) is 0 Å². The van der Waals surface area contributed by atoms with Gasteiger partial charge in [0.15, 0.2) is 0 Å². The number of benzene rings is 1. The molecule has 1 rings (SSSR count). The van der Waals surface area contributed by atoms with E-state index in [9.17, 15) is 4.79 Å². The summed E-state index contributed by atoms with van der Waals surface area (Å²) in [6.07, 6.45) is 2.17. The summed E-state index contributed by atoms with van der Waals surface area (Å²) in [7, 11) is 0. The first-order chi connectivity index (χ1) is 7.54. The van der Waals surface area contributed by atoms with E-state index in [-0.39, 0.29) is 10.6 Å². The second-order valence-corrected chi connectivity index (χ2v) is 6.02. The Bertz CT molecular complexity index is 379. The van der Waals surface area contributed by atoms with E-state index in [2.05, 4.69) is 31.9 Å². The van der Waals surface area contributed by atoms with Crippen LogP contribution in [0.25, 0.3) is 0 Å². The third-order valence-corrected chi connectivity index (χ3v) is 4.10. The van der Waals surface area contributed by atoms with Crippen LogP contribution >= 0.6 is 43.5 Å². The predicted octanol–water partition coefficient (Wildman–Crippen LogP) is 4.78. The summed E-state index contributed by atoms with van der Waals surface area (Å²) in [6.45, 7) is 2.01. The number of alkyl halides is 1. The zero-order valence-electron chi connectivity index (χ0n) is 8.97. The first-order valence-corrected chi connectivity index (χ1v) is 7.24. The standard InChI is InChI=1S/C12H13Br2ClO/c1-2-3-12(16)11(14)7-8-6-9(15)4-5-10(8)13/h4-6,11H,2-3,7H2,1H3. The predicted molar refractivity (Wildman–Crippen MR) is 75.5 cm³/mol. The third-order valence-electron chi connectivity index (χ3n) is 2.25. The van der Waals surface area contributed by atoms with Gasteiger partial charge in [-0.25, -0.2) is 0 Å². The molecule has 88 valence electrons. The first kappa shape index (κ1) is 14.2. The van der Waals surface area contributed by atoms with Crippen molar-refractivity contribution < 1.29 is 4.79 Å². The lowest BCUT2D eigenvalue weighted by atomic mass is 10.1. The van der Waals surface area contributed by atoms with Crippen molar-refractivity contribution in [2.45, 2.75) is 31.0 Å². The van der Waals surface area contributed by atoms with Crippen molar-refractivity contribution in [3.05, 3.63) is 33.3 Å². The zero-order chi connectivity index (χ0) is 12.1. The van der Waals surface area contributed by atoms with Gasteiger partial charge in [-0.05, 0) is 36.6 Å². The zero-order valence-corrected chi connectivity index (χ0v) is 12.9. The van der Waals surface area contributed by atoms with Crippen LogP contribution in [0.1, 0.15) is 25.3 Å². The summed E-state index contributed by atoms with van der Waals surface area (Å²) in [4.78, 5) is 11.5. The van der Waals surface area contributed by atoms with Crippen LogP contribution in [0.3, 0.4) is 0 Å². The fraction of sp³-hybridized carbons (Fsp3) is 0.417. The molecule has 0 spiro atoms. The van der Waals surface area contributed by atoms with Crippen molar-refractivity contribution in [1.82, 2.24) is 0 Å². The maximum absolute atomic E-state index is 11.6. The van der Waals surface area contributed by atoms with Crippen molar-refractivity contribution in [2.75, 3.05) is 0 Å². The summed E-state index contributed by atoms with van der Waals surface area (Å²) >= 11 is 12.8. The molecule has 1 nitrogen and oxygen atoms in total. The molecule has 0 saturated heterocycles. The molecule has 1 aromatic carbocycles. The van der Waals surface area contributed by atoms with E-state index in [1.54, 1.807) is 0 Å². The average molecular weight is 368 g/mol.